The summed E-state index contributed by atoms with van der Waals surface area (Å²) in [5.74, 6) is 0.294. The predicted molar refractivity (Wildman–Crippen MR) is 66.9 cm³/mol. The molecule has 1 aromatic rings. The van der Waals surface area contributed by atoms with E-state index in [9.17, 15) is 9.00 Å². The van der Waals surface area contributed by atoms with Gasteiger partial charge in [-0.3, -0.25) is 9.00 Å². The highest BCUT2D eigenvalue weighted by Gasteiger charge is 2.08. The lowest BCUT2D eigenvalue weighted by molar-refractivity contribution is 0.0955. The van der Waals surface area contributed by atoms with Gasteiger partial charge in [0.25, 0.3) is 5.91 Å². The van der Waals surface area contributed by atoms with Crippen LogP contribution in [0.5, 0.6) is 0 Å². The van der Waals surface area contributed by atoms with Gasteiger partial charge in [-0.25, -0.2) is 0 Å². The summed E-state index contributed by atoms with van der Waals surface area (Å²) in [5.41, 5.74) is 7.63. The van der Waals surface area contributed by atoms with Crippen LogP contribution in [0.15, 0.2) is 18.2 Å². The number of rotatable bonds is 4. The van der Waals surface area contributed by atoms with E-state index in [0.717, 1.165) is 5.56 Å². The second-order valence-corrected chi connectivity index (χ2v) is 5.16. The number of anilines is 1. The minimum Gasteiger partial charge on any atom is -0.399 e. The van der Waals surface area contributed by atoms with Crippen molar-refractivity contribution in [3.8, 4) is 0 Å². The molecule has 1 atom stereocenters. The molecule has 4 nitrogen and oxygen atoms in total. The maximum absolute atomic E-state index is 11.7. The van der Waals surface area contributed by atoms with Crippen LogP contribution in [0.2, 0.25) is 0 Å². The van der Waals surface area contributed by atoms with Gasteiger partial charge >= 0.3 is 0 Å². The Morgan fingerprint density at radius 1 is 1.50 bits per heavy atom. The van der Waals surface area contributed by atoms with Gasteiger partial charge in [-0.2, -0.15) is 0 Å². The summed E-state index contributed by atoms with van der Waals surface area (Å²) >= 11 is 0. The molecule has 0 aliphatic rings. The normalized spacial score (nSPS) is 12.1. The topological polar surface area (TPSA) is 72.2 Å². The van der Waals surface area contributed by atoms with Crippen molar-refractivity contribution in [1.82, 2.24) is 5.32 Å². The Kier molecular flexibility index (Phi) is 4.49. The van der Waals surface area contributed by atoms with Crippen molar-refractivity contribution in [3.63, 3.8) is 0 Å². The largest absolute Gasteiger partial charge is 0.399 e. The lowest BCUT2D eigenvalue weighted by Crippen LogP contribution is -2.28. The van der Waals surface area contributed by atoms with Gasteiger partial charge in [0.2, 0.25) is 0 Å². The van der Waals surface area contributed by atoms with Crippen LogP contribution in [0.3, 0.4) is 0 Å². The third-order valence-electron chi connectivity index (χ3n) is 2.18. The van der Waals surface area contributed by atoms with E-state index in [2.05, 4.69) is 5.32 Å². The van der Waals surface area contributed by atoms with E-state index in [1.165, 1.54) is 0 Å². The zero-order chi connectivity index (χ0) is 12.1. The lowest BCUT2D eigenvalue weighted by atomic mass is 10.1. The van der Waals surface area contributed by atoms with Crippen LogP contribution in [-0.2, 0) is 10.8 Å². The molecule has 1 rings (SSSR count). The van der Waals surface area contributed by atoms with E-state index in [1.807, 2.05) is 13.0 Å². The molecule has 0 aliphatic heterocycles. The molecule has 0 spiro atoms. The van der Waals surface area contributed by atoms with Crippen molar-refractivity contribution in [3.05, 3.63) is 29.3 Å². The number of benzene rings is 1. The molecule has 0 heterocycles. The molecule has 0 saturated carbocycles. The molecule has 0 radical (unpaired) electrons. The standard InChI is InChI=1S/C11H16N2O2S/c1-8-3-4-9(12)7-10(8)11(14)13-5-6-16(2)15/h3-4,7H,5-6,12H2,1-2H3,(H,13,14). The monoisotopic (exact) mass is 240 g/mol. The van der Waals surface area contributed by atoms with E-state index >= 15 is 0 Å². The van der Waals surface area contributed by atoms with Crippen LogP contribution < -0.4 is 11.1 Å². The van der Waals surface area contributed by atoms with Gasteiger partial charge in [0.1, 0.15) is 0 Å². The Hall–Kier alpha value is -1.36. The number of amides is 1. The number of hydrogen-bond donors (Lipinski definition) is 2. The highest BCUT2D eigenvalue weighted by molar-refractivity contribution is 7.84. The quantitative estimate of drug-likeness (QED) is 0.760. The molecule has 16 heavy (non-hydrogen) atoms. The Morgan fingerprint density at radius 3 is 2.81 bits per heavy atom. The SMILES string of the molecule is Cc1ccc(N)cc1C(=O)NCCS(C)=O. The molecule has 0 fully saturated rings. The molecule has 0 bridgehead atoms. The van der Waals surface area contributed by atoms with E-state index in [-0.39, 0.29) is 5.91 Å². The van der Waals surface area contributed by atoms with Gasteiger partial charge in [0.15, 0.2) is 0 Å². The van der Waals surface area contributed by atoms with Gasteiger partial charge in [0, 0.05) is 40.6 Å². The fourth-order valence-electron chi connectivity index (χ4n) is 1.29. The van der Waals surface area contributed by atoms with Gasteiger partial charge < -0.3 is 11.1 Å². The van der Waals surface area contributed by atoms with Crippen LogP contribution in [0.1, 0.15) is 15.9 Å². The molecule has 0 aromatic heterocycles. The number of nitrogen functional groups attached to an aromatic ring is 1. The Balaban J connectivity index is 2.65. The van der Waals surface area contributed by atoms with E-state index < -0.39 is 10.8 Å². The third kappa shape index (κ3) is 3.66. The number of carbonyl (C=O) groups is 1. The van der Waals surface area contributed by atoms with Crippen molar-refractivity contribution < 1.29 is 9.00 Å². The van der Waals surface area contributed by atoms with Crippen LogP contribution in [0.4, 0.5) is 5.69 Å². The Labute approximate surface area is 97.7 Å². The summed E-state index contributed by atoms with van der Waals surface area (Å²) in [6, 6.07) is 5.21. The summed E-state index contributed by atoms with van der Waals surface area (Å²) in [7, 11) is -0.888. The number of carbonyl (C=O) groups excluding carboxylic acids is 1. The van der Waals surface area contributed by atoms with Crippen molar-refractivity contribution in [2.24, 2.45) is 0 Å². The minimum atomic E-state index is -0.888. The summed E-state index contributed by atoms with van der Waals surface area (Å²) in [6.07, 6.45) is 1.61. The first-order valence-corrected chi connectivity index (χ1v) is 6.68. The summed E-state index contributed by atoms with van der Waals surface area (Å²) in [6.45, 7) is 2.27. The molecule has 0 aliphatic carbocycles. The average molecular weight is 240 g/mol. The Bertz CT molecular complexity index is 418. The molecule has 3 N–H and O–H groups in total. The van der Waals surface area contributed by atoms with Crippen molar-refractivity contribution >= 4 is 22.4 Å². The first-order chi connectivity index (χ1) is 7.50. The van der Waals surface area contributed by atoms with Crippen molar-refractivity contribution in [2.75, 3.05) is 24.3 Å². The maximum Gasteiger partial charge on any atom is 0.251 e. The van der Waals surface area contributed by atoms with Gasteiger partial charge in [-0.15, -0.1) is 0 Å². The van der Waals surface area contributed by atoms with E-state index in [4.69, 9.17) is 5.73 Å². The molecule has 1 amide bonds. The average Bonchev–Trinajstić information content (AvgIpc) is 2.21. The van der Waals surface area contributed by atoms with E-state index in [0.29, 0.717) is 23.5 Å². The molecular formula is C11H16N2O2S. The fraction of sp³-hybridized carbons (Fsp3) is 0.364. The summed E-state index contributed by atoms with van der Waals surface area (Å²) < 4.78 is 10.8. The number of hydrogen-bond acceptors (Lipinski definition) is 3. The molecule has 0 saturated heterocycles. The lowest BCUT2D eigenvalue weighted by Gasteiger charge is -2.07. The molecule has 5 heteroatoms. The zero-order valence-electron chi connectivity index (χ0n) is 9.45. The molecule has 1 unspecified atom stereocenters. The van der Waals surface area contributed by atoms with Crippen LogP contribution >= 0.6 is 0 Å². The fourth-order valence-corrected chi connectivity index (χ4v) is 1.68. The first-order valence-electron chi connectivity index (χ1n) is 4.95. The van der Waals surface area contributed by atoms with Crippen molar-refractivity contribution in [1.29, 1.82) is 0 Å². The minimum absolute atomic E-state index is 0.171. The van der Waals surface area contributed by atoms with E-state index in [1.54, 1.807) is 18.4 Å². The summed E-state index contributed by atoms with van der Waals surface area (Å²) in [5, 5.41) is 2.71. The Morgan fingerprint density at radius 2 is 2.19 bits per heavy atom. The molecule has 1 aromatic carbocycles. The second-order valence-electron chi connectivity index (χ2n) is 3.61. The van der Waals surface area contributed by atoms with Crippen LogP contribution in [0, 0.1) is 6.92 Å². The number of nitrogens with one attached hydrogen (secondary N) is 1. The molecule has 88 valence electrons. The zero-order valence-corrected chi connectivity index (χ0v) is 10.3. The highest BCUT2D eigenvalue weighted by Crippen LogP contribution is 2.12. The molecular weight excluding hydrogens is 224 g/mol. The first kappa shape index (κ1) is 12.7. The smallest absolute Gasteiger partial charge is 0.251 e. The number of nitrogens with two attached hydrogens (primary N) is 1. The van der Waals surface area contributed by atoms with Crippen molar-refractivity contribution in [2.45, 2.75) is 6.92 Å². The summed E-state index contributed by atoms with van der Waals surface area (Å²) in [4.78, 5) is 11.7. The highest BCUT2D eigenvalue weighted by atomic mass is 32.2. The maximum atomic E-state index is 11.7. The third-order valence-corrected chi connectivity index (χ3v) is 2.96. The van der Waals surface area contributed by atoms with Crippen LogP contribution in [0.25, 0.3) is 0 Å². The van der Waals surface area contributed by atoms with Gasteiger partial charge in [-0.05, 0) is 24.6 Å². The number of aryl methyl sites for hydroxylation is 1. The van der Waals surface area contributed by atoms with Gasteiger partial charge in [0.05, 0.1) is 0 Å². The predicted octanol–water partition coefficient (Wildman–Crippen LogP) is 0.686. The van der Waals surface area contributed by atoms with Crippen LogP contribution in [-0.4, -0.2) is 28.7 Å². The van der Waals surface area contributed by atoms with Gasteiger partial charge in [-0.1, -0.05) is 6.07 Å². The second kappa shape index (κ2) is 5.65.